The van der Waals surface area contributed by atoms with Crippen LogP contribution in [-0.2, 0) is 11.2 Å². The van der Waals surface area contributed by atoms with Crippen molar-refractivity contribution in [3.8, 4) is 5.75 Å². The molecule has 1 aliphatic rings. The number of Topliss-reactive ketones (excluding diaryl/α,β-unsaturated/α-hetero) is 1. The second kappa shape index (κ2) is 6.34. The fraction of sp³-hybridized carbons (Fsp3) is 0.500. The van der Waals surface area contributed by atoms with Crippen molar-refractivity contribution in [2.24, 2.45) is 5.92 Å². The van der Waals surface area contributed by atoms with Gasteiger partial charge in [-0.25, -0.2) is 0 Å². The number of nitrogens with one attached hydrogen (secondary N) is 1. The van der Waals surface area contributed by atoms with E-state index >= 15 is 0 Å². The molecule has 1 aromatic rings. The number of ketones is 1. The number of ether oxygens (including phenoxy) is 1. The summed E-state index contributed by atoms with van der Waals surface area (Å²) < 4.78 is 6.07. The molecule has 0 aromatic heterocycles. The van der Waals surface area contributed by atoms with Crippen LogP contribution in [0.15, 0.2) is 22.7 Å². The van der Waals surface area contributed by atoms with Crippen LogP contribution < -0.4 is 10.1 Å². The molecule has 0 bridgehead atoms. The van der Waals surface area contributed by atoms with Crippen molar-refractivity contribution < 1.29 is 9.53 Å². The van der Waals surface area contributed by atoms with Crippen molar-refractivity contribution >= 4 is 21.7 Å². The van der Waals surface area contributed by atoms with E-state index in [0.29, 0.717) is 24.5 Å². The molecule has 0 amide bonds. The van der Waals surface area contributed by atoms with Crippen LogP contribution in [0.1, 0.15) is 18.4 Å². The van der Waals surface area contributed by atoms with Gasteiger partial charge in [-0.3, -0.25) is 4.79 Å². The standard InChI is InChI=1S/C14H18BrNO2/c1-18-14-3-2-10(8-13(14)15)6-12(17)7-11-4-5-16-9-11/h2-3,8,11,16H,4-7,9H2,1H3. The fourth-order valence-electron chi connectivity index (χ4n) is 2.33. The number of benzene rings is 1. The van der Waals surface area contributed by atoms with E-state index in [1.54, 1.807) is 7.11 Å². The van der Waals surface area contributed by atoms with Crippen LogP contribution in [0.4, 0.5) is 0 Å². The molecule has 2 rings (SSSR count). The molecule has 1 N–H and O–H groups in total. The Kier molecular flexibility index (Phi) is 4.78. The zero-order valence-corrected chi connectivity index (χ0v) is 12.1. The molecule has 98 valence electrons. The highest BCUT2D eigenvalue weighted by atomic mass is 79.9. The summed E-state index contributed by atoms with van der Waals surface area (Å²) >= 11 is 3.44. The smallest absolute Gasteiger partial charge is 0.137 e. The molecule has 1 heterocycles. The van der Waals surface area contributed by atoms with Gasteiger partial charge in [-0.1, -0.05) is 6.07 Å². The van der Waals surface area contributed by atoms with Crippen LogP contribution in [-0.4, -0.2) is 26.0 Å². The summed E-state index contributed by atoms with van der Waals surface area (Å²) in [4.78, 5) is 12.0. The van der Waals surface area contributed by atoms with Gasteiger partial charge in [-0.05, 0) is 59.1 Å². The van der Waals surface area contributed by atoms with Crippen molar-refractivity contribution in [2.75, 3.05) is 20.2 Å². The molecule has 1 unspecified atom stereocenters. The monoisotopic (exact) mass is 311 g/mol. The topological polar surface area (TPSA) is 38.3 Å². The van der Waals surface area contributed by atoms with Gasteiger partial charge < -0.3 is 10.1 Å². The van der Waals surface area contributed by atoms with Gasteiger partial charge in [0.25, 0.3) is 0 Å². The number of carbonyl (C=O) groups is 1. The van der Waals surface area contributed by atoms with Crippen LogP contribution in [0.3, 0.4) is 0 Å². The summed E-state index contributed by atoms with van der Waals surface area (Å²) in [5, 5.41) is 3.29. The van der Waals surface area contributed by atoms with Crippen molar-refractivity contribution in [3.05, 3.63) is 28.2 Å². The Morgan fingerprint density at radius 3 is 3.00 bits per heavy atom. The van der Waals surface area contributed by atoms with Gasteiger partial charge in [0.15, 0.2) is 0 Å². The second-order valence-corrected chi connectivity index (χ2v) is 5.60. The van der Waals surface area contributed by atoms with E-state index < -0.39 is 0 Å². The van der Waals surface area contributed by atoms with E-state index in [0.717, 1.165) is 35.3 Å². The lowest BCUT2D eigenvalue weighted by Gasteiger charge is -2.08. The van der Waals surface area contributed by atoms with Crippen LogP contribution in [0.5, 0.6) is 5.75 Å². The largest absolute Gasteiger partial charge is 0.496 e. The van der Waals surface area contributed by atoms with Crippen molar-refractivity contribution in [2.45, 2.75) is 19.3 Å². The van der Waals surface area contributed by atoms with Crippen LogP contribution >= 0.6 is 15.9 Å². The Balaban J connectivity index is 1.92. The summed E-state index contributed by atoms with van der Waals surface area (Å²) in [5.74, 6) is 1.64. The third kappa shape index (κ3) is 3.56. The molecule has 18 heavy (non-hydrogen) atoms. The molecule has 0 saturated carbocycles. The third-order valence-electron chi connectivity index (χ3n) is 3.30. The first-order chi connectivity index (χ1) is 8.69. The fourth-order valence-corrected chi connectivity index (χ4v) is 2.92. The highest BCUT2D eigenvalue weighted by Gasteiger charge is 2.18. The lowest BCUT2D eigenvalue weighted by Crippen LogP contribution is -2.14. The maximum atomic E-state index is 12.0. The maximum Gasteiger partial charge on any atom is 0.137 e. The van der Waals surface area contributed by atoms with Gasteiger partial charge in [0, 0.05) is 12.8 Å². The molecule has 3 nitrogen and oxygen atoms in total. The van der Waals surface area contributed by atoms with E-state index in [1.807, 2.05) is 18.2 Å². The first-order valence-electron chi connectivity index (χ1n) is 6.24. The zero-order chi connectivity index (χ0) is 13.0. The average molecular weight is 312 g/mol. The van der Waals surface area contributed by atoms with E-state index in [2.05, 4.69) is 21.2 Å². The Morgan fingerprint density at radius 1 is 1.56 bits per heavy atom. The Labute approximate surface area is 116 Å². The summed E-state index contributed by atoms with van der Waals surface area (Å²) in [6, 6.07) is 5.81. The van der Waals surface area contributed by atoms with E-state index in [9.17, 15) is 4.79 Å². The highest BCUT2D eigenvalue weighted by molar-refractivity contribution is 9.10. The molecule has 1 fully saturated rings. The van der Waals surface area contributed by atoms with Gasteiger partial charge >= 0.3 is 0 Å². The van der Waals surface area contributed by atoms with Crippen LogP contribution in [0.2, 0.25) is 0 Å². The van der Waals surface area contributed by atoms with Crippen LogP contribution in [0, 0.1) is 5.92 Å². The molecule has 0 aliphatic carbocycles. The quantitative estimate of drug-likeness (QED) is 0.908. The maximum absolute atomic E-state index is 12.0. The van der Waals surface area contributed by atoms with Gasteiger partial charge in [-0.2, -0.15) is 0 Å². The number of hydrogen-bond donors (Lipinski definition) is 1. The highest BCUT2D eigenvalue weighted by Crippen LogP contribution is 2.26. The minimum absolute atomic E-state index is 0.320. The van der Waals surface area contributed by atoms with Crippen molar-refractivity contribution in [1.82, 2.24) is 5.32 Å². The van der Waals surface area contributed by atoms with Crippen molar-refractivity contribution in [3.63, 3.8) is 0 Å². The number of hydrogen-bond acceptors (Lipinski definition) is 3. The minimum atomic E-state index is 0.320. The SMILES string of the molecule is COc1ccc(CC(=O)CC2CCNC2)cc1Br. The van der Waals surface area contributed by atoms with E-state index in [1.165, 1.54) is 0 Å². The predicted octanol–water partition coefficient (Wildman–Crippen LogP) is 2.57. The first kappa shape index (κ1) is 13.6. The number of methoxy groups -OCH3 is 1. The molecule has 1 aromatic carbocycles. The normalized spacial score (nSPS) is 18.9. The molecule has 0 spiro atoms. The molecule has 1 atom stereocenters. The molecule has 0 radical (unpaired) electrons. The second-order valence-electron chi connectivity index (χ2n) is 4.75. The molecule has 4 heteroatoms. The van der Waals surface area contributed by atoms with Gasteiger partial charge in [0.05, 0.1) is 11.6 Å². The number of carbonyl (C=O) groups excluding carboxylic acids is 1. The zero-order valence-electron chi connectivity index (χ0n) is 10.5. The molecular weight excluding hydrogens is 294 g/mol. The van der Waals surface area contributed by atoms with Gasteiger partial charge in [-0.15, -0.1) is 0 Å². The third-order valence-corrected chi connectivity index (χ3v) is 3.92. The van der Waals surface area contributed by atoms with Crippen molar-refractivity contribution in [1.29, 1.82) is 0 Å². The predicted molar refractivity (Wildman–Crippen MR) is 75.0 cm³/mol. The van der Waals surface area contributed by atoms with E-state index in [-0.39, 0.29) is 0 Å². The molecule has 1 aliphatic heterocycles. The molecule has 1 saturated heterocycles. The summed E-state index contributed by atoms with van der Waals surface area (Å²) in [5.41, 5.74) is 1.04. The lowest BCUT2D eigenvalue weighted by atomic mass is 9.98. The number of rotatable bonds is 5. The minimum Gasteiger partial charge on any atom is -0.496 e. The first-order valence-corrected chi connectivity index (χ1v) is 7.03. The number of halogens is 1. The average Bonchev–Trinajstić information content (AvgIpc) is 2.82. The summed E-state index contributed by atoms with van der Waals surface area (Å²) in [6.45, 7) is 2.03. The van der Waals surface area contributed by atoms with Gasteiger partial charge in [0.2, 0.25) is 0 Å². The summed E-state index contributed by atoms with van der Waals surface area (Å²) in [6.07, 6.45) is 2.33. The Bertz CT molecular complexity index is 428. The Hall–Kier alpha value is -0.870. The van der Waals surface area contributed by atoms with Gasteiger partial charge in [0.1, 0.15) is 11.5 Å². The summed E-state index contributed by atoms with van der Waals surface area (Å²) in [7, 11) is 1.64. The van der Waals surface area contributed by atoms with Crippen LogP contribution in [0.25, 0.3) is 0 Å². The van der Waals surface area contributed by atoms with E-state index in [4.69, 9.17) is 4.74 Å². The Morgan fingerprint density at radius 2 is 2.39 bits per heavy atom. The lowest BCUT2D eigenvalue weighted by molar-refractivity contribution is -0.119. The molecular formula is C14H18BrNO2.